The minimum atomic E-state index is 0.471. The zero-order valence-electron chi connectivity index (χ0n) is 10.9. The van der Waals surface area contributed by atoms with E-state index >= 15 is 0 Å². The van der Waals surface area contributed by atoms with Crippen molar-refractivity contribution in [1.29, 1.82) is 0 Å². The number of anilines is 1. The second-order valence-electron chi connectivity index (χ2n) is 4.62. The van der Waals surface area contributed by atoms with Crippen LogP contribution in [0.3, 0.4) is 0 Å². The molecule has 0 saturated heterocycles. The highest BCUT2D eigenvalue weighted by molar-refractivity contribution is 6.24. The molecule has 0 aliphatic carbocycles. The molecule has 2 heterocycles. The van der Waals surface area contributed by atoms with Crippen LogP contribution in [-0.4, -0.2) is 21.6 Å². The summed E-state index contributed by atoms with van der Waals surface area (Å²) in [6, 6.07) is 7.85. The predicted octanol–water partition coefficient (Wildman–Crippen LogP) is 2.75. The first-order chi connectivity index (χ1) is 9.79. The lowest BCUT2D eigenvalue weighted by molar-refractivity contribution is 0.332. The minimum absolute atomic E-state index is 0.471. The van der Waals surface area contributed by atoms with Gasteiger partial charge in [0.1, 0.15) is 12.1 Å². The Hall–Kier alpha value is -2.69. The maximum absolute atomic E-state index is 6.07. The lowest BCUT2D eigenvalue weighted by Crippen LogP contribution is -2.01. The maximum atomic E-state index is 6.07. The minimum Gasteiger partial charge on any atom is -0.477 e. The Bertz CT molecular complexity index is 919. The van der Waals surface area contributed by atoms with Gasteiger partial charge in [0, 0.05) is 21.5 Å². The van der Waals surface area contributed by atoms with Crippen LogP contribution >= 0.6 is 0 Å². The number of hydrogen-bond acceptors (Lipinski definition) is 5. The van der Waals surface area contributed by atoms with Crippen molar-refractivity contribution < 1.29 is 4.74 Å². The largest absolute Gasteiger partial charge is 0.477 e. The van der Waals surface area contributed by atoms with Crippen molar-refractivity contribution in [1.82, 2.24) is 15.0 Å². The smallest absolute Gasteiger partial charge is 0.223 e. The van der Waals surface area contributed by atoms with Crippen molar-refractivity contribution in [2.75, 3.05) is 12.3 Å². The lowest BCUT2D eigenvalue weighted by atomic mass is 10.00. The summed E-state index contributed by atoms with van der Waals surface area (Å²) in [6.07, 6.45) is 1.58. The fraction of sp³-hybridized carbons (Fsp3) is 0.133. The Balaban J connectivity index is 2.31. The van der Waals surface area contributed by atoms with Gasteiger partial charge in [0.2, 0.25) is 5.88 Å². The Morgan fingerprint density at radius 1 is 1.00 bits per heavy atom. The first-order valence-corrected chi connectivity index (χ1v) is 6.47. The fourth-order valence-electron chi connectivity index (χ4n) is 2.70. The lowest BCUT2D eigenvalue weighted by Gasteiger charge is -2.13. The number of nitrogen functional groups attached to an aromatic ring is 1. The Kier molecular flexibility index (Phi) is 2.18. The number of hydrogen-bond donors (Lipinski definition) is 1. The molecule has 0 spiro atoms. The second kappa shape index (κ2) is 3.90. The van der Waals surface area contributed by atoms with Gasteiger partial charge in [0.25, 0.3) is 0 Å². The van der Waals surface area contributed by atoms with E-state index in [1.165, 1.54) is 0 Å². The molecule has 0 amide bonds. The molecular formula is C15H12N4O. The predicted molar refractivity (Wildman–Crippen MR) is 79.1 cm³/mol. The number of nitrogens with zero attached hydrogens (tertiary/aromatic N) is 3. The molecule has 5 heteroatoms. The van der Waals surface area contributed by atoms with E-state index in [9.17, 15) is 0 Å². The fourth-order valence-corrected chi connectivity index (χ4v) is 2.70. The summed E-state index contributed by atoms with van der Waals surface area (Å²) >= 11 is 0. The summed E-state index contributed by atoms with van der Waals surface area (Å²) in [4.78, 5) is 13.0. The van der Waals surface area contributed by atoms with E-state index in [4.69, 9.17) is 10.5 Å². The third-order valence-electron chi connectivity index (χ3n) is 3.52. The molecule has 0 saturated carbocycles. The highest BCUT2D eigenvalue weighted by atomic mass is 16.5. The van der Waals surface area contributed by atoms with Crippen molar-refractivity contribution in [3.8, 4) is 5.88 Å². The molecule has 2 N–H and O–H groups in total. The Morgan fingerprint density at radius 2 is 1.70 bits per heavy atom. The van der Waals surface area contributed by atoms with Gasteiger partial charge in [-0.25, -0.2) is 9.97 Å². The molecule has 0 bridgehead atoms. The summed E-state index contributed by atoms with van der Waals surface area (Å²) in [5.41, 5.74) is 7.87. The molecule has 4 aromatic rings. The molecular weight excluding hydrogens is 252 g/mol. The maximum Gasteiger partial charge on any atom is 0.223 e. The van der Waals surface area contributed by atoms with Crippen LogP contribution in [0.15, 0.2) is 30.6 Å². The quantitative estimate of drug-likeness (QED) is 0.563. The van der Waals surface area contributed by atoms with E-state index in [1.807, 2.05) is 31.2 Å². The van der Waals surface area contributed by atoms with Crippen molar-refractivity contribution in [2.24, 2.45) is 0 Å². The summed E-state index contributed by atoms with van der Waals surface area (Å²) in [5, 5.41) is 3.90. The van der Waals surface area contributed by atoms with Crippen LogP contribution in [0.4, 0.5) is 5.82 Å². The van der Waals surface area contributed by atoms with Crippen LogP contribution in [-0.2, 0) is 0 Å². The molecule has 0 fully saturated rings. The number of pyridine rings is 1. The SMILES string of the molecule is CCOc1nc(N)c2ccc3ncnc4ccc1c2c34. The number of benzene rings is 2. The van der Waals surface area contributed by atoms with E-state index in [-0.39, 0.29) is 0 Å². The average molecular weight is 264 g/mol. The second-order valence-corrected chi connectivity index (χ2v) is 4.62. The van der Waals surface area contributed by atoms with Crippen LogP contribution in [0, 0.1) is 0 Å². The normalized spacial score (nSPS) is 11.7. The van der Waals surface area contributed by atoms with Crippen LogP contribution in [0.25, 0.3) is 32.6 Å². The molecule has 20 heavy (non-hydrogen) atoms. The molecule has 2 aromatic heterocycles. The number of aromatic nitrogens is 3. The van der Waals surface area contributed by atoms with Gasteiger partial charge < -0.3 is 10.5 Å². The molecule has 4 rings (SSSR count). The number of ether oxygens (including phenoxy) is 1. The van der Waals surface area contributed by atoms with Crippen LogP contribution in [0.5, 0.6) is 5.88 Å². The van der Waals surface area contributed by atoms with Gasteiger partial charge in [0.05, 0.1) is 17.6 Å². The summed E-state index contributed by atoms with van der Waals surface area (Å²) in [5.74, 6) is 1.04. The van der Waals surface area contributed by atoms with Gasteiger partial charge in [-0.2, -0.15) is 4.98 Å². The van der Waals surface area contributed by atoms with Gasteiger partial charge in [-0.15, -0.1) is 0 Å². The zero-order valence-corrected chi connectivity index (χ0v) is 10.9. The first kappa shape index (κ1) is 11.2. The number of nitrogens with two attached hydrogens (primary N) is 1. The highest BCUT2D eigenvalue weighted by Crippen LogP contribution is 2.38. The molecule has 5 nitrogen and oxygen atoms in total. The standard InChI is InChI=1S/C15H12N4O/c1-2-20-15-9-4-6-11-13-10(17-7-18-11)5-3-8(12(9)13)14(16)19-15/h3-7H,2H2,1H3,(H2,16,19). The Morgan fingerprint density at radius 3 is 2.40 bits per heavy atom. The van der Waals surface area contributed by atoms with Gasteiger partial charge in [0.15, 0.2) is 0 Å². The first-order valence-electron chi connectivity index (χ1n) is 6.47. The van der Waals surface area contributed by atoms with E-state index in [0.717, 1.165) is 32.6 Å². The molecule has 0 aliphatic rings. The molecule has 0 aliphatic heterocycles. The summed E-state index contributed by atoms with van der Waals surface area (Å²) in [6.45, 7) is 2.48. The van der Waals surface area contributed by atoms with Crippen molar-refractivity contribution in [2.45, 2.75) is 6.92 Å². The summed E-state index contributed by atoms with van der Waals surface area (Å²) in [7, 11) is 0. The molecule has 0 unspecified atom stereocenters. The highest BCUT2D eigenvalue weighted by Gasteiger charge is 2.15. The van der Waals surface area contributed by atoms with Crippen LogP contribution in [0.1, 0.15) is 6.92 Å². The molecule has 0 atom stereocenters. The molecule has 0 radical (unpaired) electrons. The van der Waals surface area contributed by atoms with E-state index in [1.54, 1.807) is 6.33 Å². The topological polar surface area (TPSA) is 73.9 Å². The van der Waals surface area contributed by atoms with Crippen molar-refractivity contribution in [3.05, 3.63) is 30.6 Å². The van der Waals surface area contributed by atoms with Gasteiger partial charge in [-0.3, -0.25) is 0 Å². The summed E-state index contributed by atoms with van der Waals surface area (Å²) < 4.78 is 5.61. The van der Waals surface area contributed by atoms with E-state index in [2.05, 4.69) is 15.0 Å². The molecule has 98 valence electrons. The van der Waals surface area contributed by atoms with Crippen LogP contribution < -0.4 is 10.5 Å². The third kappa shape index (κ3) is 1.34. The molecule has 2 aromatic carbocycles. The van der Waals surface area contributed by atoms with Gasteiger partial charge >= 0.3 is 0 Å². The van der Waals surface area contributed by atoms with Crippen LogP contribution in [0.2, 0.25) is 0 Å². The van der Waals surface area contributed by atoms with Crippen molar-refractivity contribution >= 4 is 38.4 Å². The zero-order chi connectivity index (χ0) is 13.7. The number of rotatable bonds is 2. The third-order valence-corrected chi connectivity index (χ3v) is 3.52. The van der Waals surface area contributed by atoms with E-state index in [0.29, 0.717) is 18.3 Å². The van der Waals surface area contributed by atoms with Gasteiger partial charge in [-0.05, 0) is 31.2 Å². The van der Waals surface area contributed by atoms with E-state index < -0.39 is 0 Å². The van der Waals surface area contributed by atoms with Gasteiger partial charge in [-0.1, -0.05) is 0 Å². The van der Waals surface area contributed by atoms with Crippen molar-refractivity contribution in [3.63, 3.8) is 0 Å². The monoisotopic (exact) mass is 264 g/mol. The average Bonchev–Trinajstić information content (AvgIpc) is 2.47. The Labute approximate surface area is 114 Å².